The van der Waals surface area contributed by atoms with Gasteiger partial charge in [-0.05, 0) is 61.6 Å². The van der Waals surface area contributed by atoms with E-state index in [4.69, 9.17) is 0 Å². The lowest BCUT2D eigenvalue weighted by Crippen LogP contribution is -2.38. The molecule has 2 saturated carbocycles. The van der Waals surface area contributed by atoms with Crippen molar-refractivity contribution < 1.29 is 13.2 Å². The highest BCUT2D eigenvalue weighted by Crippen LogP contribution is 2.44. The van der Waals surface area contributed by atoms with Gasteiger partial charge in [-0.3, -0.25) is 4.79 Å². The molecule has 4 rings (SSSR count). The number of nitrogens with one attached hydrogen (secondary N) is 1. The molecule has 25 heavy (non-hydrogen) atoms. The van der Waals surface area contributed by atoms with Gasteiger partial charge >= 0.3 is 0 Å². The predicted octanol–water partition coefficient (Wildman–Crippen LogP) is 2.53. The summed E-state index contributed by atoms with van der Waals surface area (Å²) in [4.78, 5) is 12.4. The van der Waals surface area contributed by atoms with Crippen molar-refractivity contribution in [3.63, 3.8) is 0 Å². The highest BCUT2D eigenvalue weighted by Gasteiger charge is 2.40. The number of carbonyl (C=O) groups excluding carboxylic acids is 1. The molecule has 2 aliphatic carbocycles. The topological polar surface area (TPSA) is 66.5 Å². The summed E-state index contributed by atoms with van der Waals surface area (Å²) < 4.78 is 26.3. The number of rotatable bonds is 5. The van der Waals surface area contributed by atoms with Crippen LogP contribution in [0.4, 0.5) is 0 Å². The maximum Gasteiger partial charge on any atom is 0.251 e. The van der Waals surface area contributed by atoms with Gasteiger partial charge in [0.1, 0.15) is 0 Å². The van der Waals surface area contributed by atoms with E-state index in [0.29, 0.717) is 30.6 Å². The van der Waals surface area contributed by atoms with Gasteiger partial charge in [-0.25, -0.2) is 12.7 Å². The smallest absolute Gasteiger partial charge is 0.251 e. The third kappa shape index (κ3) is 3.60. The Morgan fingerprint density at radius 2 is 1.80 bits per heavy atom. The minimum Gasteiger partial charge on any atom is -0.349 e. The molecule has 0 spiro atoms. The fraction of sp³-hybridized carbons (Fsp3) is 0.632. The molecule has 1 N–H and O–H groups in total. The predicted molar refractivity (Wildman–Crippen MR) is 96.6 cm³/mol. The van der Waals surface area contributed by atoms with Crippen molar-refractivity contribution >= 4 is 15.9 Å². The standard InChI is InChI=1S/C19H26N2O3S/c22-19(20-18-12-15-5-8-17(18)11-15)16-6-3-14(4-7-16)13-25(23,24)21-9-1-2-10-21/h3-4,6-7,15,17-18H,1-2,5,8-13H2,(H,20,22)/t15-,17-,18+/m0/s1. The Balaban J connectivity index is 1.37. The van der Waals surface area contributed by atoms with E-state index in [9.17, 15) is 13.2 Å². The molecule has 1 aliphatic heterocycles. The fourth-order valence-corrected chi connectivity index (χ4v) is 6.30. The zero-order valence-corrected chi connectivity index (χ0v) is 15.3. The largest absolute Gasteiger partial charge is 0.349 e. The van der Waals surface area contributed by atoms with Crippen LogP contribution in [-0.4, -0.2) is 37.8 Å². The maximum absolute atomic E-state index is 12.4. The number of sulfonamides is 1. The van der Waals surface area contributed by atoms with Crippen LogP contribution in [0.15, 0.2) is 24.3 Å². The van der Waals surface area contributed by atoms with Gasteiger partial charge in [0.15, 0.2) is 0 Å². The van der Waals surface area contributed by atoms with Crippen molar-refractivity contribution in [1.82, 2.24) is 9.62 Å². The number of amides is 1. The molecular formula is C19H26N2O3S. The van der Waals surface area contributed by atoms with Crippen molar-refractivity contribution in [2.24, 2.45) is 11.8 Å². The molecule has 1 heterocycles. The van der Waals surface area contributed by atoms with Crippen LogP contribution >= 0.6 is 0 Å². The average molecular weight is 362 g/mol. The number of carbonyl (C=O) groups is 1. The van der Waals surface area contributed by atoms with Crippen LogP contribution in [0, 0.1) is 11.8 Å². The van der Waals surface area contributed by atoms with Crippen LogP contribution in [0.5, 0.6) is 0 Å². The van der Waals surface area contributed by atoms with Gasteiger partial charge in [-0.2, -0.15) is 0 Å². The van der Waals surface area contributed by atoms with Crippen LogP contribution in [0.2, 0.25) is 0 Å². The molecule has 3 atom stereocenters. The van der Waals surface area contributed by atoms with Gasteiger partial charge in [0, 0.05) is 24.7 Å². The lowest BCUT2D eigenvalue weighted by molar-refractivity contribution is 0.0923. The van der Waals surface area contributed by atoms with Crippen molar-refractivity contribution in [1.29, 1.82) is 0 Å². The lowest BCUT2D eigenvalue weighted by Gasteiger charge is -2.23. The molecule has 6 heteroatoms. The van der Waals surface area contributed by atoms with Crippen molar-refractivity contribution in [3.8, 4) is 0 Å². The molecule has 2 bridgehead atoms. The summed E-state index contributed by atoms with van der Waals surface area (Å²) in [6.07, 6.45) is 6.82. The summed E-state index contributed by atoms with van der Waals surface area (Å²) in [5, 5.41) is 3.17. The van der Waals surface area contributed by atoms with Crippen molar-refractivity contribution in [2.45, 2.75) is 50.3 Å². The minimum absolute atomic E-state index is 0.0152. The van der Waals surface area contributed by atoms with E-state index < -0.39 is 10.0 Å². The van der Waals surface area contributed by atoms with E-state index >= 15 is 0 Å². The Labute approximate surface area is 149 Å². The molecule has 3 fully saturated rings. The first-order chi connectivity index (χ1) is 12.0. The van der Waals surface area contributed by atoms with E-state index in [-0.39, 0.29) is 11.7 Å². The average Bonchev–Trinajstić information content (AvgIpc) is 3.33. The number of hydrogen-bond donors (Lipinski definition) is 1. The zero-order chi connectivity index (χ0) is 17.4. The highest BCUT2D eigenvalue weighted by molar-refractivity contribution is 7.88. The van der Waals surface area contributed by atoms with Gasteiger partial charge in [0.05, 0.1) is 5.75 Å². The summed E-state index contributed by atoms with van der Waals surface area (Å²) in [5.41, 5.74) is 1.36. The molecule has 0 unspecified atom stereocenters. The number of fused-ring (bicyclic) bond motifs is 2. The summed E-state index contributed by atoms with van der Waals surface area (Å²) in [7, 11) is -3.24. The Morgan fingerprint density at radius 1 is 1.08 bits per heavy atom. The van der Waals surface area contributed by atoms with Crippen LogP contribution in [0.1, 0.15) is 54.4 Å². The van der Waals surface area contributed by atoms with Crippen LogP contribution in [0.25, 0.3) is 0 Å². The highest BCUT2D eigenvalue weighted by atomic mass is 32.2. The SMILES string of the molecule is O=C(N[C@@H]1C[C@H]2CC[C@H]1C2)c1ccc(CS(=O)(=O)N2CCCC2)cc1. The number of benzene rings is 1. The van der Waals surface area contributed by atoms with E-state index in [1.807, 2.05) is 0 Å². The van der Waals surface area contributed by atoms with E-state index in [1.165, 1.54) is 19.3 Å². The van der Waals surface area contributed by atoms with Gasteiger partial charge < -0.3 is 5.32 Å². The third-order valence-corrected chi connectivity index (χ3v) is 7.93. The summed E-state index contributed by atoms with van der Waals surface area (Å²) in [5.74, 6) is 1.43. The Morgan fingerprint density at radius 3 is 2.40 bits per heavy atom. The molecule has 1 aromatic rings. The second kappa shape index (κ2) is 6.72. The van der Waals surface area contributed by atoms with Gasteiger partial charge in [0.2, 0.25) is 10.0 Å². The molecule has 0 aromatic heterocycles. The first-order valence-electron chi connectivity index (χ1n) is 9.39. The Hall–Kier alpha value is -1.40. The lowest BCUT2D eigenvalue weighted by atomic mass is 9.95. The van der Waals surface area contributed by atoms with Gasteiger partial charge in [-0.1, -0.05) is 18.6 Å². The second-order valence-electron chi connectivity index (χ2n) is 7.81. The fourth-order valence-electron chi connectivity index (χ4n) is 4.69. The van der Waals surface area contributed by atoms with Crippen molar-refractivity contribution in [2.75, 3.05) is 13.1 Å². The van der Waals surface area contributed by atoms with Gasteiger partial charge in [0.25, 0.3) is 5.91 Å². The number of hydrogen-bond acceptors (Lipinski definition) is 3. The number of nitrogens with zero attached hydrogens (tertiary/aromatic N) is 1. The van der Waals surface area contributed by atoms with Crippen LogP contribution < -0.4 is 5.32 Å². The second-order valence-corrected chi connectivity index (χ2v) is 9.78. The molecule has 3 aliphatic rings. The van der Waals surface area contributed by atoms with Crippen molar-refractivity contribution in [3.05, 3.63) is 35.4 Å². The first kappa shape index (κ1) is 17.0. The molecule has 1 amide bonds. The normalized spacial score (nSPS) is 29.2. The van der Waals surface area contributed by atoms with Crippen LogP contribution in [0.3, 0.4) is 0 Å². The first-order valence-corrected chi connectivity index (χ1v) is 11.0. The van der Waals surface area contributed by atoms with Crippen LogP contribution in [-0.2, 0) is 15.8 Å². The summed E-state index contributed by atoms with van der Waals surface area (Å²) in [6.45, 7) is 1.26. The summed E-state index contributed by atoms with van der Waals surface area (Å²) in [6, 6.07) is 7.35. The van der Waals surface area contributed by atoms with E-state index in [2.05, 4.69) is 5.32 Å². The third-order valence-electron chi connectivity index (χ3n) is 6.08. The molecule has 1 saturated heterocycles. The minimum atomic E-state index is -3.24. The molecule has 0 radical (unpaired) electrons. The van der Waals surface area contributed by atoms with Gasteiger partial charge in [-0.15, -0.1) is 0 Å². The van der Waals surface area contributed by atoms with E-state index in [1.54, 1.807) is 28.6 Å². The Kier molecular flexibility index (Phi) is 4.58. The molecule has 136 valence electrons. The molecule has 1 aromatic carbocycles. The molecular weight excluding hydrogens is 336 g/mol. The monoisotopic (exact) mass is 362 g/mol. The summed E-state index contributed by atoms with van der Waals surface area (Å²) >= 11 is 0. The zero-order valence-electron chi connectivity index (χ0n) is 14.5. The maximum atomic E-state index is 12.4. The molecule has 5 nitrogen and oxygen atoms in total. The quantitative estimate of drug-likeness (QED) is 0.875. The van der Waals surface area contributed by atoms with E-state index in [0.717, 1.165) is 30.7 Å². The Bertz CT molecular complexity index is 738.